The predicted molar refractivity (Wildman–Crippen MR) is 80.8 cm³/mol. The summed E-state index contributed by atoms with van der Waals surface area (Å²) in [7, 11) is 0. The Kier molecular flexibility index (Phi) is 3.63. The number of nitrogens with two attached hydrogens (primary N) is 1. The van der Waals surface area contributed by atoms with Gasteiger partial charge in [-0.3, -0.25) is 4.79 Å². The molecule has 1 heterocycles. The molecule has 1 atom stereocenters. The Morgan fingerprint density at radius 2 is 1.83 bits per heavy atom. The van der Waals surface area contributed by atoms with E-state index in [0.29, 0.717) is 5.56 Å². The van der Waals surface area contributed by atoms with E-state index in [1.54, 1.807) is 30.3 Å². The van der Waals surface area contributed by atoms with Crippen molar-refractivity contribution in [1.82, 2.24) is 0 Å². The minimum atomic E-state index is -4.50. The van der Waals surface area contributed by atoms with Gasteiger partial charge >= 0.3 is 6.18 Å². The molecule has 0 bridgehead atoms. The van der Waals surface area contributed by atoms with Crippen LogP contribution in [0.1, 0.15) is 16.7 Å². The summed E-state index contributed by atoms with van der Waals surface area (Å²) < 4.78 is 44.7. The number of amides is 1. The van der Waals surface area contributed by atoms with Gasteiger partial charge in [-0.25, -0.2) is 0 Å². The van der Waals surface area contributed by atoms with Gasteiger partial charge in [-0.2, -0.15) is 13.2 Å². The number of primary amides is 1. The van der Waals surface area contributed by atoms with E-state index in [1.807, 2.05) is 0 Å². The van der Waals surface area contributed by atoms with Crippen LogP contribution < -0.4 is 10.5 Å². The number of carbonyl (C=O) groups is 1. The third-order valence-corrected chi connectivity index (χ3v) is 4.76. The highest BCUT2D eigenvalue weighted by atomic mass is 79.9. The molecular formula is C16H11BrF3NO2. The van der Waals surface area contributed by atoms with Crippen LogP contribution in [0, 0.1) is 0 Å². The molecule has 120 valence electrons. The van der Waals surface area contributed by atoms with Crippen molar-refractivity contribution >= 4 is 21.8 Å². The van der Waals surface area contributed by atoms with Crippen molar-refractivity contribution < 1.29 is 22.7 Å². The van der Waals surface area contributed by atoms with E-state index >= 15 is 0 Å². The van der Waals surface area contributed by atoms with Crippen LogP contribution >= 0.6 is 15.9 Å². The number of hydrogen-bond donors (Lipinski definition) is 1. The van der Waals surface area contributed by atoms with Crippen molar-refractivity contribution in [3.8, 4) is 5.75 Å². The van der Waals surface area contributed by atoms with Gasteiger partial charge < -0.3 is 10.5 Å². The van der Waals surface area contributed by atoms with Gasteiger partial charge in [0.15, 0.2) is 0 Å². The topological polar surface area (TPSA) is 52.3 Å². The minimum absolute atomic E-state index is 0.0633. The number of rotatable bonds is 2. The molecule has 0 fully saturated rings. The fraction of sp³-hybridized carbons (Fsp3) is 0.188. The molecule has 3 rings (SSSR count). The number of hydrogen-bond acceptors (Lipinski definition) is 2. The van der Waals surface area contributed by atoms with Crippen LogP contribution in [0.25, 0.3) is 0 Å². The zero-order valence-corrected chi connectivity index (χ0v) is 13.2. The van der Waals surface area contributed by atoms with E-state index in [0.717, 1.165) is 6.07 Å². The van der Waals surface area contributed by atoms with Crippen molar-refractivity contribution in [3.63, 3.8) is 0 Å². The highest BCUT2D eigenvalue weighted by Gasteiger charge is 2.48. The van der Waals surface area contributed by atoms with E-state index < -0.39 is 23.2 Å². The van der Waals surface area contributed by atoms with Gasteiger partial charge in [-0.05, 0) is 28.1 Å². The van der Waals surface area contributed by atoms with E-state index in [4.69, 9.17) is 10.5 Å². The summed E-state index contributed by atoms with van der Waals surface area (Å²) in [5, 5.41) is 0. The monoisotopic (exact) mass is 385 g/mol. The van der Waals surface area contributed by atoms with Crippen LogP contribution in [0.2, 0.25) is 0 Å². The van der Waals surface area contributed by atoms with E-state index in [-0.39, 0.29) is 22.2 Å². The quantitative estimate of drug-likeness (QED) is 0.854. The van der Waals surface area contributed by atoms with Gasteiger partial charge in [0.05, 0.1) is 5.56 Å². The fourth-order valence-electron chi connectivity index (χ4n) is 2.70. The molecule has 23 heavy (non-hydrogen) atoms. The van der Waals surface area contributed by atoms with Crippen molar-refractivity contribution in [3.05, 3.63) is 63.6 Å². The van der Waals surface area contributed by atoms with Gasteiger partial charge in [0.1, 0.15) is 5.75 Å². The molecule has 1 aliphatic rings. The average molecular weight is 386 g/mol. The highest BCUT2D eigenvalue weighted by molar-refractivity contribution is 9.10. The summed E-state index contributed by atoms with van der Waals surface area (Å²) in [4.78, 5) is 12.0. The van der Waals surface area contributed by atoms with Crippen LogP contribution in [-0.4, -0.2) is 5.91 Å². The standard InChI is InChI=1S/C16H11BrF3NO2/c17-13-10-8-15(14(21)22,9-4-2-1-3-5-9)23-12(10)7-6-11(13)16(18,19)20/h1-7H,8H2,(H2,21,22)/t15-/m0/s1. The number of alkyl halides is 3. The second-order valence-corrected chi connectivity index (χ2v) is 6.03. The normalized spacial score (nSPS) is 20.0. The molecular weight excluding hydrogens is 375 g/mol. The maximum atomic E-state index is 13.0. The summed E-state index contributed by atoms with van der Waals surface area (Å²) in [6, 6.07) is 10.6. The lowest BCUT2D eigenvalue weighted by molar-refractivity contribution is -0.138. The molecule has 0 aliphatic carbocycles. The first-order chi connectivity index (χ1) is 10.8. The molecule has 2 aromatic rings. The van der Waals surface area contributed by atoms with E-state index in [9.17, 15) is 18.0 Å². The second kappa shape index (κ2) is 5.26. The number of ether oxygens (including phenoxy) is 1. The molecule has 2 N–H and O–H groups in total. The first-order valence-electron chi connectivity index (χ1n) is 6.69. The van der Waals surface area contributed by atoms with Gasteiger partial charge in [-0.15, -0.1) is 0 Å². The van der Waals surface area contributed by atoms with Gasteiger partial charge in [-0.1, -0.05) is 30.3 Å². The SMILES string of the molecule is NC(=O)[C@@]1(c2ccccc2)Cc2c(ccc(C(F)(F)F)c2Br)O1. The lowest BCUT2D eigenvalue weighted by Crippen LogP contribution is -2.45. The Hall–Kier alpha value is -2.02. The van der Waals surface area contributed by atoms with Gasteiger partial charge in [0, 0.05) is 22.0 Å². The predicted octanol–water partition coefficient (Wildman–Crippen LogP) is 3.78. The minimum Gasteiger partial charge on any atom is -0.472 e. The van der Waals surface area contributed by atoms with Crippen LogP contribution in [-0.2, 0) is 23.0 Å². The Balaban J connectivity index is 2.13. The van der Waals surface area contributed by atoms with Crippen molar-refractivity contribution in [2.24, 2.45) is 5.73 Å². The van der Waals surface area contributed by atoms with Gasteiger partial charge in [0.2, 0.25) is 5.60 Å². The molecule has 0 saturated carbocycles. The summed E-state index contributed by atoms with van der Waals surface area (Å²) in [5.41, 5.74) is 3.99. The molecule has 2 aromatic carbocycles. The highest BCUT2D eigenvalue weighted by Crippen LogP contribution is 2.48. The summed E-state index contributed by atoms with van der Waals surface area (Å²) in [6.07, 6.45) is -4.56. The Labute approximate surface area is 138 Å². The number of carbonyl (C=O) groups excluding carboxylic acids is 1. The van der Waals surface area contributed by atoms with Crippen molar-refractivity contribution in [2.45, 2.75) is 18.2 Å². The molecule has 0 spiro atoms. The largest absolute Gasteiger partial charge is 0.472 e. The summed E-state index contributed by atoms with van der Waals surface area (Å²) in [5.74, 6) is -0.534. The van der Waals surface area contributed by atoms with E-state index in [2.05, 4.69) is 15.9 Å². The fourth-order valence-corrected chi connectivity index (χ4v) is 3.40. The molecule has 1 amide bonds. The maximum absolute atomic E-state index is 13.0. The lowest BCUT2D eigenvalue weighted by atomic mass is 9.88. The Morgan fingerprint density at radius 1 is 1.17 bits per heavy atom. The number of benzene rings is 2. The molecule has 0 unspecified atom stereocenters. The first-order valence-corrected chi connectivity index (χ1v) is 7.48. The average Bonchev–Trinajstić information content (AvgIpc) is 2.89. The van der Waals surface area contributed by atoms with Crippen molar-refractivity contribution in [2.75, 3.05) is 0 Å². The van der Waals surface area contributed by atoms with Crippen molar-refractivity contribution in [1.29, 1.82) is 0 Å². The Morgan fingerprint density at radius 3 is 2.39 bits per heavy atom. The van der Waals surface area contributed by atoms with Gasteiger partial charge in [0.25, 0.3) is 5.91 Å². The molecule has 7 heteroatoms. The summed E-state index contributed by atoms with van der Waals surface area (Å²) in [6.45, 7) is 0. The number of fused-ring (bicyclic) bond motifs is 1. The molecule has 0 aromatic heterocycles. The smallest absolute Gasteiger partial charge is 0.417 e. The molecule has 0 radical (unpaired) electrons. The lowest BCUT2D eigenvalue weighted by Gasteiger charge is -2.25. The molecule has 1 aliphatic heterocycles. The third-order valence-electron chi connectivity index (χ3n) is 3.85. The van der Waals surface area contributed by atoms with E-state index in [1.165, 1.54) is 6.07 Å². The van der Waals surface area contributed by atoms with Crippen LogP contribution in [0.15, 0.2) is 46.9 Å². The molecule has 0 saturated heterocycles. The van der Waals surface area contributed by atoms with Crippen LogP contribution in [0.5, 0.6) is 5.75 Å². The third kappa shape index (κ3) is 2.49. The Bertz CT molecular complexity index is 777. The zero-order valence-electron chi connectivity index (χ0n) is 11.7. The number of halogens is 4. The maximum Gasteiger partial charge on any atom is 0.417 e. The van der Waals surface area contributed by atoms with Crippen LogP contribution in [0.3, 0.4) is 0 Å². The zero-order chi connectivity index (χ0) is 16.8. The molecule has 3 nitrogen and oxygen atoms in total. The summed E-state index contributed by atoms with van der Waals surface area (Å²) >= 11 is 2.99. The second-order valence-electron chi connectivity index (χ2n) is 5.24. The van der Waals surface area contributed by atoms with Crippen LogP contribution in [0.4, 0.5) is 13.2 Å². The first kappa shape index (κ1) is 15.9.